The second-order valence-corrected chi connectivity index (χ2v) is 2.70. The van der Waals surface area contributed by atoms with Crippen molar-refractivity contribution in [2.24, 2.45) is 4.99 Å². The quantitative estimate of drug-likeness (QED) is 0.497. The molecule has 0 N–H and O–H groups in total. The summed E-state index contributed by atoms with van der Waals surface area (Å²) in [4.78, 5) is 3.92. The minimum absolute atomic E-state index is 0.899. The van der Waals surface area contributed by atoms with E-state index in [0.29, 0.717) is 0 Å². The van der Waals surface area contributed by atoms with Gasteiger partial charge in [0.2, 0.25) is 0 Å². The van der Waals surface area contributed by atoms with Crippen LogP contribution in [0.1, 0.15) is 5.56 Å². The SMILES string of the molecule is C=CC=CC=Cc1ccccc1N=C. The first-order valence-electron chi connectivity index (χ1n) is 4.40. The van der Waals surface area contributed by atoms with Crippen LogP contribution in [0.5, 0.6) is 0 Å². The molecule has 0 spiro atoms. The van der Waals surface area contributed by atoms with E-state index in [4.69, 9.17) is 0 Å². The molecule has 1 rings (SSSR count). The normalized spacial score (nSPS) is 10.9. The highest BCUT2D eigenvalue weighted by Gasteiger charge is 1.92. The van der Waals surface area contributed by atoms with Gasteiger partial charge in [0.1, 0.15) is 0 Å². The van der Waals surface area contributed by atoms with E-state index >= 15 is 0 Å². The molecule has 0 atom stereocenters. The molecule has 0 aliphatic heterocycles. The van der Waals surface area contributed by atoms with Gasteiger partial charge in [-0.3, -0.25) is 4.99 Å². The van der Waals surface area contributed by atoms with Gasteiger partial charge >= 0.3 is 0 Å². The molecule has 0 amide bonds. The minimum atomic E-state index is 0.899. The molecule has 1 nitrogen and oxygen atoms in total. The van der Waals surface area contributed by atoms with E-state index < -0.39 is 0 Å². The summed E-state index contributed by atoms with van der Waals surface area (Å²) < 4.78 is 0. The molecular formula is C13H13N. The van der Waals surface area contributed by atoms with E-state index in [1.807, 2.05) is 48.6 Å². The lowest BCUT2D eigenvalue weighted by Gasteiger charge is -1.97. The summed E-state index contributed by atoms with van der Waals surface area (Å²) in [7, 11) is 0. The number of hydrogen-bond acceptors (Lipinski definition) is 1. The molecule has 0 heterocycles. The van der Waals surface area contributed by atoms with Crippen molar-refractivity contribution in [2.75, 3.05) is 0 Å². The van der Waals surface area contributed by atoms with Crippen LogP contribution in [-0.2, 0) is 0 Å². The highest BCUT2D eigenvalue weighted by Crippen LogP contribution is 2.18. The summed E-state index contributed by atoms with van der Waals surface area (Å²) in [6.07, 6.45) is 9.48. The third-order valence-electron chi connectivity index (χ3n) is 1.74. The summed E-state index contributed by atoms with van der Waals surface area (Å²) in [6.45, 7) is 7.11. The number of para-hydroxylation sites is 1. The molecule has 70 valence electrons. The highest BCUT2D eigenvalue weighted by atomic mass is 14.7. The van der Waals surface area contributed by atoms with Crippen molar-refractivity contribution in [3.05, 3.63) is 60.7 Å². The Kier molecular flexibility index (Phi) is 4.15. The van der Waals surface area contributed by atoms with Gasteiger partial charge in [0.05, 0.1) is 5.69 Å². The molecule has 0 fully saturated rings. The Hall–Kier alpha value is -1.89. The molecule has 0 aliphatic carbocycles. The van der Waals surface area contributed by atoms with Crippen LogP contribution in [0.15, 0.2) is 60.1 Å². The van der Waals surface area contributed by atoms with Crippen LogP contribution in [0, 0.1) is 0 Å². The number of nitrogens with zero attached hydrogens (tertiary/aromatic N) is 1. The summed E-state index contributed by atoms with van der Waals surface area (Å²) >= 11 is 0. The average Bonchev–Trinajstić information content (AvgIpc) is 2.25. The van der Waals surface area contributed by atoms with Gasteiger partial charge in [-0.05, 0) is 12.8 Å². The maximum atomic E-state index is 3.92. The number of benzene rings is 1. The van der Waals surface area contributed by atoms with Crippen LogP contribution in [0.3, 0.4) is 0 Å². The lowest BCUT2D eigenvalue weighted by atomic mass is 10.1. The zero-order valence-electron chi connectivity index (χ0n) is 8.06. The number of rotatable bonds is 4. The Labute approximate surface area is 84.8 Å². The van der Waals surface area contributed by atoms with Crippen LogP contribution in [0.4, 0.5) is 5.69 Å². The molecule has 0 radical (unpaired) electrons. The van der Waals surface area contributed by atoms with Crippen molar-refractivity contribution in [1.82, 2.24) is 0 Å². The molecule has 0 unspecified atom stereocenters. The van der Waals surface area contributed by atoms with E-state index in [0.717, 1.165) is 11.3 Å². The molecule has 0 aliphatic rings. The van der Waals surface area contributed by atoms with Crippen LogP contribution < -0.4 is 0 Å². The van der Waals surface area contributed by atoms with Gasteiger partial charge in [0, 0.05) is 5.56 Å². The molecule has 0 saturated carbocycles. The van der Waals surface area contributed by atoms with Gasteiger partial charge in [-0.25, -0.2) is 0 Å². The summed E-state index contributed by atoms with van der Waals surface area (Å²) in [5, 5.41) is 0. The third-order valence-corrected chi connectivity index (χ3v) is 1.74. The van der Waals surface area contributed by atoms with Crippen molar-refractivity contribution in [2.45, 2.75) is 0 Å². The fraction of sp³-hybridized carbons (Fsp3) is 0. The maximum absolute atomic E-state index is 3.92. The molecule has 14 heavy (non-hydrogen) atoms. The topological polar surface area (TPSA) is 12.4 Å². The van der Waals surface area contributed by atoms with Crippen LogP contribution >= 0.6 is 0 Å². The van der Waals surface area contributed by atoms with E-state index in [2.05, 4.69) is 18.3 Å². The predicted molar refractivity (Wildman–Crippen MR) is 64.0 cm³/mol. The van der Waals surface area contributed by atoms with Crippen LogP contribution in [-0.4, -0.2) is 6.72 Å². The first kappa shape index (κ1) is 10.2. The molecule has 1 heteroatoms. The fourth-order valence-electron chi connectivity index (χ4n) is 1.07. The fourth-order valence-corrected chi connectivity index (χ4v) is 1.07. The lowest BCUT2D eigenvalue weighted by Crippen LogP contribution is -1.71. The number of allylic oxidation sites excluding steroid dienone is 4. The largest absolute Gasteiger partial charge is 0.264 e. The highest BCUT2D eigenvalue weighted by molar-refractivity contribution is 5.66. The maximum Gasteiger partial charge on any atom is 0.0694 e. The summed E-state index contributed by atoms with van der Waals surface area (Å²) in [5.74, 6) is 0. The van der Waals surface area contributed by atoms with Crippen LogP contribution in [0.25, 0.3) is 6.08 Å². The van der Waals surface area contributed by atoms with E-state index in [-0.39, 0.29) is 0 Å². The molecule has 0 saturated heterocycles. The molecule has 1 aromatic rings. The Morgan fingerprint density at radius 3 is 2.57 bits per heavy atom. The van der Waals surface area contributed by atoms with Gasteiger partial charge in [-0.2, -0.15) is 0 Å². The van der Waals surface area contributed by atoms with E-state index in [1.165, 1.54) is 0 Å². The smallest absolute Gasteiger partial charge is 0.0694 e. The first-order chi connectivity index (χ1) is 6.88. The van der Waals surface area contributed by atoms with Crippen molar-refractivity contribution < 1.29 is 0 Å². The third kappa shape index (κ3) is 2.87. The molecule has 1 aromatic carbocycles. The van der Waals surface area contributed by atoms with Crippen molar-refractivity contribution in [1.29, 1.82) is 0 Å². The Morgan fingerprint density at radius 1 is 1.07 bits per heavy atom. The predicted octanol–water partition coefficient (Wildman–Crippen LogP) is 3.77. The van der Waals surface area contributed by atoms with E-state index in [1.54, 1.807) is 6.08 Å². The van der Waals surface area contributed by atoms with Gasteiger partial charge in [0.15, 0.2) is 0 Å². The average molecular weight is 183 g/mol. The standard InChI is InChI=1S/C13H13N/c1-3-4-5-6-9-12-10-7-8-11-13(12)14-2/h3-11H,1-2H2. The molecular weight excluding hydrogens is 170 g/mol. The zero-order valence-corrected chi connectivity index (χ0v) is 8.06. The van der Waals surface area contributed by atoms with Gasteiger partial charge in [-0.1, -0.05) is 55.2 Å². The van der Waals surface area contributed by atoms with Gasteiger partial charge in [0.25, 0.3) is 0 Å². The first-order valence-corrected chi connectivity index (χ1v) is 4.40. The Morgan fingerprint density at radius 2 is 1.86 bits per heavy atom. The van der Waals surface area contributed by atoms with Crippen molar-refractivity contribution in [3.8, 4) is 0 Å². The molecule has 0 aromatic heterocycles. The Balaban J connectivity index is 2.85. The monoisotopic (exact) mass is 183 g/mol. The van der Waals surface area contributed by atoms with Gasteiger partial charge < -0.3 is 0 Å². The van der Waals surface area contributed by atoms with Gasteiger partial charge in [-0.15, -0.1) is 0 Å². The second kappa shape index (κ2) is 5.70. The van der Waals surface area contributed by atoms with Crippen molar-refractivity contribution in [3.63, 3.8) is 0 Å². The summed E-state index contributed by atoms with van der Waals surface area (Å²) in [6, 6.07) is 7.86. The molecule has 0 bridgehead atoms. The number of hydrogen-bond donors (Lipinski definition) is 0. The second-order valence-electron chi connectivity index (χ2n) is 2.70. The minimum Gasteiger partial charge on any atom is -0.264 e. The van der Waals surface area contributed by atoms with Crippen LogP contribution in [0.2, 0.25) is 0 Å². The lowest BCUT2D eigenvalue weighted by molar-refractivity contribution is 1.52. The van der Waals surface area contributed by atoms with E-state index in [9.17, 15) is 0 Å². The zero-order chi connectivity index (χ0) is 10.2. The summed E-state index contributed by atoms with van der Waals surface area (Å²) in [5.41, 5.74) is 1.96. The van der Waals surface area contributed by atoms with Crippen molar-refractivity contribution >= 4 is 18.5 Å². The Bertz CT molecular complexity index is 373. The number of aliphatic imine (C=N–C) groups is 1.